The number of carbonyl (C=O) groups excluding carboxylic acids is 2. The highest BCUT2D eigenvalue weighted by Crippen LogP contribution is 2.44. The third-order valence-corrected chi connectivity index (χ3v) is 6.32. The van der Waals surface area contributed by atoms with Gasteiger partial charge in [0.15, 0.2) is 23.0 Å². The molecule has 1 N–H and O–H groups in total. The van der Waals surface area contributed by atoms with Crippen molar-refractivity contribution in [3.63, 3.8) is 0 Å². The molecule has 2 aromatic carbocycles. The molecule has 2 unspecified atom stereocenters. The second-order valence-corrected chi connectivity index (χ2v) is 8.27. The summed E-state index contributed by atoms with van der Waals surface area (Å²) >= 11 is 0. The highest BCUT2D eigenvalue weighted by molar-refractivity contribution is 6.46. The van der Waals surface area contributed by atoms with Gasteiger partial charge in [-0.25, -0.2) is 0 Å². The summed E-state index contributed by atoms with van der Waals surface area (Å²) < 4.78 is 27.4. The van der Waals surface area contributed by atoms with Crippen LogP contribution >= 0.6 is 0 Å². The van der Waals surface area contributed by atoms with Gasteiger partial charge >= 0.3 is 0 Å². The van der Waals surface area contributed by atoms with E-state index in [1.807, 2.05) is 0 Å². The molecular formula is C24H21NO8. The summed E-state index contributed by atoms with van der Waals surface area (Å²) in [6, 6.07) is 9.36. The summed E-state index contributed by atoms with van der Waals surface area (Å²) in [5.74, 6) is 0.444. The lowest BCUT2D eigenvalue weighted by molar-refractivity contribution is -0.140. The van der Waals surface area contributed by atoms with Gasteiger partial charge in [0.05, 0.1) is 17.7 Å². The normalized spacial score (nSPS) is 24.7. The fourth-order valence-electron chi connectivity index (χ4n) is 4.71. The number of benzene rings is 2. The molecule has 0 aliphatic carbocycles. The van der Waals surface area contributed by atoms with Gasteiger partial charge in [-0.15, -0.1) is 0 Å². The Labute approximate surface area is 189 Å². The van der Waals surface area contributed by atoms with Gasteiger partial charge in [-0.3, -0.25) is 9.59 Å². The van der Waals surface area contributed by atoms with Gasteiger partial charge in [0.2, 0.25) is 13.6 Å². The first-order chi connectivity index (χ1) is 16.1. The van der Waals surface area contributed by atoms with E-state index in [1.165, 1.54) is 4.90 Å². The largest absolute Gasteiger partial charge is 0.507 e. The standard InChI is InChI=1S/C24H21NO8/c26-22(14-4-6-17-19(9-14)33-12-31-17)20-21(13-3-5-16-18(8-13)32-11-30-16)25(24(28)23(20)27)10-15-2-1-7-29-15/h3-6,8-9,15,21,26H,1-2,7,10-12H2/b22-20+. The van der Waals surface area contributed by atoms with Crippen molar-refractivity contribution in [1.82, 2.24) is 4.90 Å². The number of likely N-dealkylation sites (tertiary alicyclic amines) is 1. The summed E-state index contributed by atoms with van der Waals surface area (Å²) in [5.41, 5.74) is 1.01. The predicted molar refractivity (Wildman–Crippen MR) is 113 cm³/mol. The molecule has 1 amide bonds. The Bertz CT molecular complexity index is 1180. The Kier molecular flexibility index (Phi) is 4.65. The van der Waals surface area contributed by atoms with Crippen LogP contribution in [0, 0.1) is 0 Å². The van der Waals surface area contributed by atoms with Gasteiger partial charge in [0.1, 0.15) is 5.76 Å². The Morgan fingerprint density at radius 2 is 1.64 bits per heavy atom. The van der Waals surface area contributed by atoms with E-state index in [0.29, 0.717) is 40.7 Å². The summed E-state index contributed by atoms with van der Waals surface area (Å²) in [7, 11) is 0. The van der Waals surface area contributed by atoms with Crippen LogP contribution in [0.15, 0.2) is 42.0 Å². The minimum absolute atomic E-state index is 0.00993. The first-order valence-corrected chi connectivity index (χ1v) is 10.8. The second kappa shape index (κ2) is 7.70. The summed E-state index contributed by atoms with van der Waals surface area (Å²) in [4.78, 5) is 27.8. The SMILES string of the molecule is O=C1C(=O)N(CC2CCCO2)C(c2ccc3c(c2)OCO3)/C1=C(\O)c1ccc2c(c1)OCO2. The van der Waals surface area contributed by atoms with Crippen molar-refractivity contribution in [2.24, 2.45) is 0 Å². The zero-order valence-corrected chi connectivity index (χ0v) is 17.6. The fourth-order valence-corrected chi connectivity index (χ4v) is 4.71. The molecule has 6 rings (SSSR count). The number of aliphatic hydroxyl groups excluding tert-OH is 1. The Morgan fingerprint density at radius 1 is 0.939 bits per heavy atom. The zero-order chi connectivity index (χ0) is 22.5. The number of amides is 1. The summed E-state index contributed by atoms with van der Waals surface area (Å²) in [5, 5.41) is 11.2. The molecule has 2 aromatic rings. The molecule has 0 aromatic heterocycles. The van der Waals surface area contributed by atoms with Gasteiger partial charge in [-0.05, 0) is 48.7 Å². The topological polar surface area (TPSA) is 104 Å². The van der Waals surface area contributed by atoms with Crippen molar-refractivity contribution in [1.29, 1.82) is 0 Å². The molecule has 2 fully saturated rings. The molecule has 2 saturated heterocycles. The van der Waals surface area contributed by atoms with E-state index in [2.05, 4.69) is 0 Å². The van der Waals surface area contributed by atoms with E-state index in [1.54, 1.807) is 36.4 Å². The van der Waals surface area contributed by atoms with Crippen LogP contribution in [0.3, 0.4) is 0 Å². The maximum atomic E-state index is 13.2. The Morgan fingerprint density at radius 3 is 2.36 bits per heavy atom. The highest BCUT2D eigenvalue weighted by atomic mass is 16.7. The number of ketones is 1. The lowest BCUT2D eigenvalue weighted by Crippen LogP contribution is -2.36. The number of fused-ring (bicyclic) bond motifs is 2. The number of aliphatic hydroxyl groups is 1. The number of carbonyl (C=O) groups is 2. The number of hydrogen-bond acceptors (Lipinski definition) is 8. The number of ether oxygens (including phenoxy) is 5. The van der Waals surface area contributed by atoms with Crippen molar-refractivity contribution in [3.8, 4) is 23.0 Å². The van der Waals surface area contributed by atoms with Crippen molar-refractivity contribution in [3.05, 3.63) is 53.1 Å². The fraction of sp³-hybridized carbons (Fsp3) is 0.333. The monoisotopic (exact) mass is 451 g/mol. The molecule has 9 nitrogen and oxygen atoms in total. The lowest BCUT2D eigenvalue weighted by Gasteiger charge is -2.27. The van der Waals surface area contributed by atoms with E-state index in [9.17, 15) is 14.7 Å². The van der Waals surface area contributed by atoms with Crippen LogP contribution in [-0.2, 0) is 14.3 Å². The van der Waals surface area contributed by atoms with Crippen LogP contribution in [0.4, 0.5) is 0 Å². The molecule has 4 aliphatic rings. The maximum Gasteiger partial charge on any atom is 0.295 e. The van der Waals surface area contributed by atoms with E-state index in [4.69, 9.17) is 23.7 Å². The van der Waals surface area contributed by atoms with E-state index in [0.717, 1.165) is 12.8 Å². The Hall–Kier alpha value is -3.72. The highest BCUT2D eigenvalue weighted by Gasteiger charge is 2.47. The van der Waals surface area contributed by atoms with Gasteiger partial charge < -0.3 is 33.7 Å². The quantitative estimate of drug-likeness (QED) is 0.430. The second-order valence-electron chi connectivity index (χ2n) is 8.27. The number of rotatable bonds is 4. The average Bonchev–Trinajstić information content (AvgIpc) is 3.62. The first-order valence-electron chi connectivity index (χ1n) is 10.8. The molecule has 2 atom stereocenters. The van der Waals surface area contributed by atoms with E-state index in [-0.39, 0.29) is 37.6 Å². The van der Waals surface area contributed by atoms with Crippen molar-refractivity contribution >= 4 is 17.4 Å². The molecule has 9 heteroatoms. The lowest BCUT2D eigenvalue weighted by atomic mass is 9.94. The van der Waals surface area contributed by atoms with Gasteiger partial charge in [0.25, 0.3) is 11.7 Å². The number of hydrogen-bond donors (Lipinski definition) is 1. The molecule has 0 saturated carbocycles. The molecule has 0 bridgehead atoms. The molecule has 33 heavy (non-hydrogen) atoms. The average molecular weight is 451 g/mol. The van der Waals surface area contributed by atoms with Gasteiger partial charge in [0, 0.05) is 18.7 Å². The van der Waals surface area contributed by atoms with Crippen molar-refractivity contribution < 1.29 is 38.4 Å². The summed E-state index contributed by atoms with van der Waals surface area (Å²) in [6.07, 6.45) is 1.55. The van der Waals surface area contributed by atoms with Gasteiger partial charge in [-0.1, -0.05) is 6.07 Å². The minimum atomic E-state index is -0.797. The van der Waals surface area contributed by atoms with Crippen LogP contribution in [0.5, 0.6) is 23.0 Å². The first kappa shape index (κ1) is 19.9. The van der Waals surface area contributed by atoms with Crippen molar-refractivity contribution in [2.45, 2.75) is 25.0 Å². The van der Waals surface area contributed by atoms with Crippen LogP contribution < -0.4 is 18.9 Å². The van der Waals surface area contributed by atoms with E-state index < -0.39 is 17.7 Å². The van der Waals surface area contributed by atoms with Crippen LogP contribution in [0.1, 0.15) is 30.0 Å². The number of nitrogens with zero attached hydrogens (tertiary/aromatic N) is 1. The maximum absolute atomic E-state index is 13.2. The minimum Gasteiger partial charge on any atom is -0.507 e. The number of Topliss-reactive ketones (excluding diaryl/α,β-unsaturated/α-hetero) is 1. The summed E-state index contributed by atoms with van der Waals surface area (Å²) in [6.45, 7) is 1.07. The van der Waals surface area contributed by atoms with Crippen LogP contribution in [0.2, 0.25) is 0 Å². The van der Waals surface area contributed by atoms with Crippen molar-refractivity contribution in [2.75, 3.05) is 26.7 Å². The van der Waals surface area contributed by atoms with Gasteiger partial charge in [-0.2, -0.15) is 0 Å². The third kappa shape index (κ3) is 3.27. The van der Waals surface area contributed by atoms with Crippen LogP contribution in [0.25, 0.3) is 5.76 Å². The third-order valence-electron chi connectivity index (χ3n) is 6.32. The molecule has 0 spiro atoms. The zero-order valence-electron chi connectivity index (χ0n) is 17.6. The van der Waals surface area contributed by atoms with E-state index >= 15 is 0 Å². The molecule has 4 aliphatic heterocycles. The molecule has 4 heterocycles. The predicted octanol–water partition coefficient (Wildman–Crippen LogP) is 2.74. The Balaban J connectivity index is 1.46. The molecular weight excluding hydrogens is 430 g/mol. The van der Waals surface area contributed by atoms with Crippen LogP contribution in [-0.4, -0.2) is 54.5 Å². The smallest absolute Gasteiger partial charge is 0.295 e. The molecule has 170 valence electrons. The molecule has 0 radical (unpaired) electrons.